The van der Waals surface area contributed by atoms with Crippen LogP contribution in [0.3, 0.4) is 0 Å². The van der Waals surface area contributed by atoms with Crippen LogP contribution in [-0.2, 0) is 10.1 Å². The number of hydrogen-bond acceptors (Lipinski definition) is 2. The number of rotatable bonds is 7. The molecule has 0 aliphatic rings. The Morgan fingerprint density at radius 2 is 0.633 bits per heavy atom. The van der Waals surface area contributed by atoms with E-state index in [0.29, 0.717) is 0 Å². The Morgan fingerprint density at radius 3 is 0.833 bits per heavy atom. The molecule has 0 rings (SSSR count). The summed E-state index contributed by atoms with van der Waals surface area (Å²) in [4.78, 5) is 0. The van der Waals surface area contributed by atoms with Crippen molar-refractivity contribution in [3.8, 4) is 0 Å². The van der Waals surface area contributed by atoms with Crippen LogP contribution < -0.4 is 0 Å². The van der Waals surface area contributed by atoms with Crippen molar-refractivity contribution in [2.75, 3.05) is 0 Å². The second kappa shape index (κ2) is 8.22. The molecule has 0 aromatic heterocycles. The molecule has 0 saturated heterocycles. The molecule has 0 bridgehead atoms. The van der Waals surface area contributed by atoms with Gasteiger partial charge in [-0.1, -0.05) is 0 Å². The standard InChI is InChI=1S/C8HF17O3S.Cs.H/c9-1(10,3(13,14)5(17,18)7(21,22)23)2(11,12)4(15,16)6(19,20)8(24,25)29(26,27)28;;/h(H,26,27,28);;. The third-order valence-electron chi connectivity index (χ3n) is 3.02. The van der Waals surface area contributed by atoms with Crippen molar-refractivity contribution in [3.05, 3.63) is 0 Å². The monoisotopic (exact) mass is 634 g/mol. The summed E-state index contributed by atoms with van der Waals surface area (Å²) in [5.74, 6) is -52.0. The number of alkyl halides is 17. The first-order valence-electron chi connectivity index (χ1n) is 5.68. The van der Waals surface area contributed by atoms with Gasteiger partial charge in [0.2, 0.25) is 0 Å². The normalized spacial score (nSPS) is 16.3. The van der Waals surface area contributed by atoms with Gasteiger partial charge in [0.25, 0.3) is 0 Å². The second-order valence-corrected chi connectivity index (χ2v) is 6.40. The Bertz CT molecular complexity index is 739. The van der Waals surface area contributed by atoms with Gasteiger partial charge in [-0.15, -0.1) is 0 Å². The van der Waals surface area contributed by atoms with Crippen molar-refractivity contribution in [1.82, 2.24) is 0 Å². The van der Waals surface area contributed by atoms with Gasteiger partial charge in [-0.2, -0.15) is 83.1 Å². The van der Waals surface area contributed by atoms with E-state index in [2.05, 4.69) is 0 Å². The molecule has 0 unspecified atom stereocenters. The Kier molecular flexibility index (Phi) is 9.02. The third-order valence-corrected chi connectivity index (χ3v) is 3.92. The summed E-state index contributed by atoms with van der Waals surface area (Å²) >= 11 is 0. The molecule has 22 heteroatoms. The van der Waals surface area contributed by atoms with Gasteiger partial charge in [0, 0.05) is 0 Å². The van der Waals surface area contributed by atoms with Gasteiger partial charge in [0.15, 0.2) is 0 Å². The fourth-order valence-electron chi connectivity index (χ4n) is 1.31. The molecule has 0 saturated carbocycles. The minimum atomic E-state index is -8.89. The molecule has 0 heterocycles. The van der Waals surface area contributed by atoms with E-state index in [1.165, 1.54) is 0 Å². The van der Waals surface area contributed by atoms with Crippen LogP contribution >= 0.6 is 0 Å². The fourth-order valence-corrected chi connectivity index (χ4v) is 1.76. The molecule has 178 valence electrons. The Balaban J connectivity index is 0. The molecule has 0 aromatic carbocycles. The number of hydrogen-bond donors (Lipinski definition) is 1. The maximum atomic E-state index is 13.0. The van der Waals surface area contributed by atoms with Crippen molar-refractivity contribution in [1.29, 1.82) is 0 Å². The van der Waals surface area contributed by atoms with E-state index in [9.17, 15) is 83.1 Å². The molecule has 0 aliphatic carbocycles. The van der Waals surface area contributed by atoms with Crippen molar-refractivity contribution in [2.45, 2.75) is 47.0 Å². The molecule has 30 heavy (non-hydrogen) atoms. The van der Waals surface area contributed by atoms with E-state index in [-0.39, 0.29) is 68.9 Å². The Hall–Kier alpha value is 0.772. The summed E-state index contributed by atoms with van der Waals surface area (Å²) in [7, 11) is -7.89. The first-order valence-corrected chi connectivity index (χ1v) is 7.12. The first-order chi connectivity index (χ1) is 12.0. The van der Waals surface area contributed by atoms with Crippen LogP contribution in [0.5, 0.6) is 0 Å². The fraction of sp³-hybridized carbons (Fsp3) is 1.00. The summed E-state index contributed by atoms with van der Waals surface area (Å²) in [6.07, 6.45) is -7.88. The summed E-state index contributed by atoms with van der Waals surface area (Å²) < 4.78 is 242. The van der Waals surface area contributed by atoms with Crippen molar-refractivity contribution < 1.29 is 87.6 Å². The van der Waals surface area contributed by atoms with Gasteiger partial charge in [0.1, 0.15) is 0 Å². The molecule has 1 N–H and O–H groups in total. The van der Waals surface area contributed by atoms with Gasteiger partial charge >= 0.3 is 126 Å². The van der Waals surface area contributed by atoms with Gasteiger partial charge < -0.3 is 0 Å². The summed E-state index contributed by atoms with van der Waals surface area (Å²) in [5.41, 5.74) is 0. The number of halogens is 17. The second-order valence-electron chi connectivity index (χ2n) is 4.94. The quantitative estimate of drug-likeness (QED) is 0.338. The van der Waals surface area contributed by atoms with Crippen LogP contribution in [-0.4, -0.2) is 129 Å². The molecule has 0 amide bonds. The van der Waals surface area contributed by atoms with Crippen LogP contribution in [0.2, 0.25) is 0 Å². The molecular formula is C8H2CsF17O3S. The van der Waals surface area contributed by atoms with Crippen LogP contribution in [0, 0.1) is 0 Å². The van der Waals surface area contributed by atoms with Crippen molar-refractivity contribution in [2.24, 2.45) is 0 Å². The zero-order valence-corrected chi connectivity index (χ0v) is 12.9. The summed E-state index contributed by atoms with van der Waals surface area (Å²) in [6.45, 7) is 0. The molecule has 0 atom stereocenters. The zero-order chi connectivity index (χ0) is 24.5. The van der Waals surface area contributed by atoms with Gasteiger partial charge in [-0.3, -0.25) is 4.55 Å². The molecule has 0 fully saturated rings. The van der Waals surface area contributed by atoms with E-state index in [0.717, 1.165) is 0 Å². The Morgan fingerprint density at radius 1 is 0.433 bits per heavy atom. The Labute approximate surface area is 211 Å². The van der Waals surface area contributed by atoms with Crippen molar-refractivity contribution in [3.63, 3.8) is 0 Å². The zero-order valence-electron chi connectivity index (χ0n) is 12.1. The summed E-state index contributed by atoms with van der Waals surface area (Å²) in [6, 6.07) is 0. The van der Waals surface area contributed by atoms with Crippen LogP contribution in [0.1, 0.15) is 0 Å². The van der Waals surface area contributed by atoms with Crippen molar-refractivity contribution >= 4 is 79.0 Å². The average molecular weight is 634 g/mol. The van der Waals surface area contributed by atoms with Crippen LogP contribution in [0.25, 0.3) is 0 Å². The predicted molar refractivity (Wildman–Crippen MR) is 59.4 cm³/mol. The van der Waals surface area contributed by atoms with Gasteiger partial charge in [-0.05, 0) is 0 Å². The molecule has 0 radical (unpaired) electrons. The minimum absolute atomic E-state index is 0. The molecule has 0 aromatic rings. The predicted octanol–water partition coefficient (Wildman–Crippen LogP) is 4.19. The molecule has 0 aliphatic heterocycles. The summed E-state index contributed by atoms with van der Waals surface area (Å²) in [5, 5.41) is -7.84. The van der Waals surface area contributed by atoms with Gasteiger partial charge in [0.05, 0.1) is 0 Å². The van der Waals surface area contributed by atoms with E-state index < -0.39 is 57.1 Å². The van der Waals surface area contributed by atoms with Gasteiger partial charge in [-0.25, -0.2) is 0 Å². The van der Waals surface area contributed by atoms with E-state index in [1.54, 1.807) is 0 Å². The van der Waals surface area contributed by atoms with Crippen LogP contribution in [0.15, 0.2) is 0 Å². The molecule has 0 spiro atoms. The molecular weight excluding hydrogens is 632 g/mol. The van der Waals surface area contributed by atoms with E-state index in [1.807, 2.05) is 0 Å². The molecule has 3 nitrogen and oxygen atoms in total. The first kappa shape index (κ1) is 32.9. The third kappa shape index (κ3) is 4.19. The topological polar surface area (TPSA) is 54.4 Å². The van der Waals surface area contributed by atoms with Crippen LogP contribution in [0.4, 0.5) is 74.6 Å². The van der Waals surface area contributed by atoms with E-state index in [4.69, 9.17) is 4.55 Å². The van der Waals surface area contributed by atoms with E-state index >= 15 is 0 Å². The maximum absolute atomic E-state index is 13.0. The SMILES string of the molecule is O=S(=O)(O)C(F)(F)C(F)(F)C(F)(F)C(F)(F)C(F)(F)C(F)(F)C(F)(F)C(F)(F)F.[CsH]. The average Bonchev–Trinajstić information content (AvgIpc) is 2.43.